The minimum atomic E-state index is -0.130. The molecule has 0 saturated carbocycles. The van der Waals surface area contributed by atoms with E-state index in [4.69, 9.17) is 9.47 Å². The molecule has 1 fully saturated rings. The lowest BCUT2D eigenvalue weighted by molar-refractivity contribution is -0.861. The number of anilines is 1. The third kappa shape index (κ3) is 5.49. The fourth-order valence-corrected chi connectivity index (χ4v) is 3.94. The number of hydrogen-bond acceptors (Lipinski definition) is 4. The summed E-state index contributed by atoms with van der Waals surface area (Å²) < 4.78 is 13.0. The van der Waals surface area contributed by atoms with E-state index >= 15 is 0 Å². The maximum atomic E-state index is 12.9. The Morgan fingerprint density at radius 1 is 1.23 bits per heavy atom. The quantitative estimate of drug-likeness (QED) is 0.612. The zero-order chi connectivity index (χ0) is 21.7. The smallest absolute Gasteiger partial charge is 0.279 e. The van der Waals surface area contributed by atoms with Gasteiger partial charge in [-0.05, 0) is 57.0 Å². The number of carbonyl (C=O) groups excluding carboxylic acids is 2. The second-order valence-electron chi connectivity index (χ2n) is 8.04. The first-order valence-corrected chi connectivity index (χ1v) is 10.4. The zero-order valence-electron chi connectivity index (χ0n) is 18.3. The number of nitrogens with zero attached hydrogens (tertiary/aromatic N) is 1. The van der Waals surface area contributed by atoms with E-state index in [1.54, 1.807) is 31.4 Å². The second-order valence-corrected chi connectivity index (χ2v) is 8.04. The molecule has 162 valence electrons. The van der Waals surface area contributed by atoms with E-state index in [9.17, 15) is 9.59 Å². The van der Waals surface area contributed by atoms with E-state index in [0.29, 0.717) is 5.69 Å². The van der Waals surface area contributed by atoms with Crippen molar-refractivity contribution in [3.05, 3.63) is 47.3 Å². The first kappa shape index (κ1) is 22.1. The molecule has 0 bridgehead atoms. The van der Waals surface area contributed by atoms with Crippen LogP contribution < -0.4 is 15.0 Å². The summed E-state index contributed by atoms with van der Waals surface area (Å²) in [6, 6.07) is 9.13. The highest BCUT2D eigenvalue weighted by atomic mass is 16.5. The van der Waals surface area contributed by atoms with Crippen molar-refractivity contribution in [2.45, 2.75) is 39.3 Å². The Hall–Kier alpha value is -2.64. The number of methoxy groups -OCH3 is 1. The van der Waals surface area contributed by atoms with E-state index < -0.39 is 0 Å². The van der Waals surface area contributed by atoms with Crippen molar-refractivity contribution in [3.63, 3.8) is 0 Å². The Morgan fingerprint density at radius 2 is 1.97 bits per heavy atom. The zero-order valence-corrected chi connectivity index (χ0v) is 18.3. The van der Waals surface area contributed by atoms with Crippen LogP contribution in [0.2, 0.25) is 0 Å². The Balaban J connectivity index is 1.55. The van der Waals surface area contributed by atoms with Crippen molar-refractivity contribution < 1.29 is 24.0 Å². The van der Waals surface area contributed by atoms with Crippen LogP contribution in [0.1, 0.15) is 34.6 Å². The van der Waals surface area contributed by atoms with Crippen LogP contribution in [0.4, 0.5) is 5.69 Å². The molecule has 1 saturated heterocycles. The third-order valence-electron chi connectivity index (χ3n) is 5.58. The predicted molar refractivity (Wildman–Crippen MR) is 115 cm³/mol. The van der Waals surface area contributed by atoms with Gasteiger partial charge in [0.15, 0.2) is 6.54 Å². The van der Waals surface area contributed by atoms with Gasteiger partial charge in [0.05, 0.1) is 20.3 Å². The largest absolute Gasteiger partial charge is 0.497 e. The molecule has 1 aromatic carbocycles. The summed E-state index contributed by atoms with van der Waals surface area (Å²) in [4.78, 5) is 26.0. The Bertz CT molecular complexity index is 883. The van der Waals surface area contributed by atoms with Gasteiger partial charge in [-0.1, -0.05) is 0 Å². The SMILES string of the molecule is COc1ccc(NC(=O)C[NH+](C)CC(=O)c2cc(C)n(C[C@@H]3CCCO3)c2C)cc1. The van der Waals surface area contributed by atoms with Crippen LogP contribution in [-0.2, 0) is 16.1 Å². The number of aryl methyl sites for hydroxylation is 1. The number of aromatic nitrogens is 1. The minimum absolute atomic E-state index is 0.0523. The van der Waals surface area contributed by atoms with Gasteiger partial charge in [0.2, 0.25) is 5.78 Å². The van der Waals surface area contributed by atoms with Gasteiger partial charge in [-0.15, -0.1) is 0 Å². The molecule has 7 nitrogen and oxygen atoms in total. The third-order valence-corrected chi connectivity index (χ3v) is 5.58. The average molecular weight is 415 g/mol. The van der Waals surface area contributed by atoms with Gasteiger partial charge >= 0.3 is 0 Å². The van der Waals surface area contributed by atoms with Crippen molar-refractivity contribution >= 4 is 17.4 Å². The maximum absolute atomic E-state index is 12.9. The van der Waals surface area contributed by atoms with Crippen molar-refractivity contribution in [2.24, 2.45) is 0 Å². The highest BCUT2D eigenvalue weighted by molar-refractivity contribution is 5.98. The van der Waals surface area contributed by atoms with Gasteiger partial charge in [0.1, 0.15) is 12.3 Å². The second kappa shape index (κ2) is 9.91. The molecular formula is C23H32N3O4+. The van der Waals surface area contributed by atoms with E-state index in [1.165, 1.54) is 0 Å². The number of ether oxygens (including phenoxy) is 2. The molecule has 1 amide bonds. The standard InChI is InChI=1S/C23H31N3O4/c1-16-12-21(17(2)26(16)13-20-6-5-11-30-20)22(27)14-25(3)15-23(28)24-18-7-9-19(29-4)10-8-18/h7-10,12,20H,5-6,11,13-15H2,1-4H3,(H,24,28)/p+1/t20-/m0/s1. The number of nitrogens with one attached hydrogen (secondary N) is 2. The molecule has 7 heteroatoms. The molecule has 1 aliphatic heterocycles. The van der Waals surface area contributed by atoms with Crippen LogP contribution in [0, 0.1) is 13.8 Å². The molecule has 1 aliphatic rings. The highest BCUT2D eigenvalue weighted by Crippen LogP contribution is 2.20. The molecule has 0 aliphatic carbocycles. The number of quaternary nitrogens is 1. The Labute approximate surface area is 178 Å². The van der Waals surface area contributed by atoms with E-state index in [2.05, 4.69) is 9.88 Å². The monoisotopic (exact) mass is 414 g/mol. The van der Waals surface area contributed by atoms with Gasteiger partial charge in [0.25, 0.3) is 5.91 Å². The number of carbonyl (C=O) groups is 2. The molecule has 1 unspecified atom stereocenters. The molecular weight excluding hydrogens is 382 g/mol. The molecule has 3 rings (SSSR count). The summed E-state index contributed by atoms with van der Waals surface area (Å²) in [6.45, 7) is 6.10. The van der Waals surface area contributed by atoms with Crippen LogP contribution in [0.15, 0.2) is 30.3 Å². The normalized spacial score (nSPS) is 17.0. The van der Waals surface area contributed by atoms with Crippen molar-refractivity contribution in [3.8, 4) is 5.75 Å². The van der Waals surface area contributed by atoms with Crippen LogP contribution in [0.25, 0.3) is 0 Å². The van der Waals surface area contributed by atoms with Crippen molar-refractivity contribution in [1.82, 2.24) is 4.57 Å². The van der Waals surface area contributed by atoms with Crippen LogP contribution in [-0.4, -0.2) is 56.2 Å². The maximum Gasteiger partial charge on any atom is 0.279 e. The summed E-state index contributed by atoms with van der Waals surface area (Å²) in [6.07, 6.45) is 2.40. The molecule has 1 aromatic heterocycles. The molecule has 2 atom stereocenters. The summed E-state index contributed by atoms with van der Waals surface area (Å²) in [5, 5.41) is 2.86. The number of rotatable bonds is 9. The average Bonchev–Trinajstić information content (AvgIpc) is 3.32. The topological polar surface area (TPSA) is 74.0 Å². The summed E-state index contributed by atoms with van der Waals surface area (Å²) in [7, 11) is 3.46. The van der Waals surface area contributed by atoms with Gasteiger partial charge in [-0.3, -0.25) is 9.59 Å². The van der Waals surface area contributed by atoms with Gasteiger partial charge < -0.3 is 24.3 Å². The van der Waals surface area contributed by atoms with E-state index in [-0.39, 0.29) is 30.9 Å². The number of amides is 1. The summed E-state index contributed by atoms with van der Waals surface area (Å²) in [5.74, 6) is 0.657. The van der Waals surface area contributed by atoms with Crippen molar-refractivity contribution in [2.75, 3.05) is 39.2 Å². The lowest BCUT2D eigenvalue weighted by Gasteiger charge is -2.15. The van der Waals surface area contributed by atoms with Crippen LogP contribution in [0.5, 0.6) is 5.75 Å². The molecule has 2 heterocycles. The number of hydrogen-bond donors (Lipinski definition) is 2. The summed E-state index contributed by atoms with van der Waals surface area (Å²) in [5.41, 5.74) is 3.49. The predicted octanol–water partition coefficient (Wildman–Crippen LogP) is 1.63. The number of likely N-dealkylation sites (N-methyl/N-ethyl adjacent to an activating group) is 1. The van der Waals surface area contributed by atoms with E-state index in [1.807, 2.05) is 27.0 Å². The Kier molecular flexibility index (Phi) is 7.29. The minimum Gasteiger partial charge on any atom is -0.497 e. The fourth-order valence-electron chi connectivity index (χ4n) is 3.94. The van der Waals surface area contributed by atoms with Crippen LogP contribution in [0.3, 0.4) is 0 Å². The number of benzene rings is 1. The van der Waals surface area contributed by atoms with Gasteiger partial charge in [0, 0.05) is 35.8 Å². The lowest BCUT2D eigenvalue weighted by Crippen LogP contribution is -3.11. The van der Waals surface area contributed by atoms with Crippen molar-refractivity contribution in [1.29, 1.82) is 0 Å². The van der Waals surface area contributed by atoms with Gasteiger partial charge in [-0.2, -0.15) is 0 Å². The van der Waals surface area contributed by atoms with Crippen LogP contribution >= 0.6 is 0 Å². The highest BCUT2D eigenvalue weighted by Gasteiger charge is 2.23. The number of Topliss-reactive ketones (excluding diaryl/α,β-unsaturated/α-hetero) is 1. The molecule has 2 aromatic rings. The first-order valence-electron chi connectivity index (χ1n) is 10.4. The fraction of sp³-hybridized carbons (Fsp3) is 0.478. The van der Waals surface area contributed by atoms with Gasteiger partial charge in [-0.25, -0.2) is 0 Å². The lowest BCUT2D eigenvalue weighted by atomic mass is 10.1. The first-order chi connectivity index (χ1) is 14.4. The molecule has 0 radical (unpaired) electrons. The molecule has 30 heavy (non-hydrogen) atoms. The number of ketones is 1. The molecule has 0 spiro atoms. The molecule has 2 N–H and O–H groups in total. The summed E-state index contributed by atoms with van der Waals surface area (Å²) >= 11 is 0. The van der Waals surface area contributed by atoms with E-state index in [0.717, 1.165) is 53.6 Å². The Morgan fingerprint density at radius 3 is 2.60 bits per heavy atom.